The van der Waals surface area contributed by atoms with E-state index in [1.165, 1.54) is 23.1 Å². The SMILES string of the molecule is O=C(COc1cc(Cl)ccc1-n1cnnn1)N[C@H](CNc1ccc(C(=O)O)cc1)Cc1ccccc1. The van der Waals surface area contributed by atoms with E-state index in [-0.39, 0.29) is 24.1 Å². The number of carboxylic acids is 1. The normalized spacial score (nSPS) is 11.5. The first-order valence-corrected chi connectivity index (χ1v) is 11.4. The van der Waals surface area contributed by atoms with Crippen LogP contribution < -0.4 is 15.4 Å². The maximum atomic E-state index is 12.8. The zero-order chi connectivity index (χ0) is 25.3. The van der Waals surface area contributed by atoms with Gasteiger partial charge >= 0.3 is 5.97 Å². The van der Waals surface area contributed by atoms with Gasteiger partial charge in [-0.05, 0) is 58.8 Å². The van der Waals surface area contributed by atoms with Crippen molar-refractivity contribution in [3.63, 3.8) is 0 Å². The van der Waals surface area contributed by atoms with E-state index < -0.39 is 5.97 Å². The molecule has 1 heterocycles. The highest BCUT2D eigenvalue weighted by molar-refractivity contribution is 6.30. The number of nitrogens with one attached hydrogen (secondary N) is 2. The number of carboxylic acid groups (broad SMARTS) is 1. The van der Waals surface area contributed by atoms with Crippen LogP contribution in [0, 0.1) is 0 Å². The number of aromatic nitrogens is 4. The first-order chi connectivity index (χ1) is 17.5. The van der Waals surface area contributed by atoms with E-state index in [1.54, 1.807) is 30.3 Å². The van der Waals surface area contributed by atoms with Gasteiger partial charge in [-0.3, -0.25) is 4.79 Å². The third-order valence-electron chi connectivity index (χ3n) is 5.25. The number of halogens is 1. The lowest BCUT2D eigenvalue weighted by molar-refractivity contribution is -0.123. The van der Waals surface area contributed by atoms with Gasteiger partial charge in [-0.25, -0.2) is 4.79 Å². The molecule has 1 atom stereocenters. The van der Waals surface area contributed by atoms with Gasteiger partial charge in [-0.2, -0.15) is 4.68 Å². The Morgan fingerprint density at radius 3 is 2.53 bits per heavy atom. The predicted octanol–water partition coefficient (Wildman–Crippen LogP) is 3.23. The Morgan fingerprint density at radius 2 is 1.83 bits per heavy atom. The molecule has 0 aliphatic heterocycles. The van der Waals surface area contributed by atoms with Gasteiger partial charge in [0.15, 0.2) is 6.61 Å². The second-order valence-corrected chi connectivity index (χ2v) is 8.31. The fraction of sp³-hybridized carbons (Fsp3) is 0.160. The number of aromatic carboxylic acids is 1. The van der Waals surface area contributed by atoms with Crippen molar-refractivity contribution in [1.82, 2.24) is 25.5 Å². The molecule has 3 N–H and O–H groups in total. The topological polar surface area (TPSA) is 131 Å². The van der Waals surface area contributed by atoms with Gasteiger partial charge in [0.25, 0.3) is 5.91 Å². The molecule has 36 heavy (non-hydrogen) atoms. The van der Waals surface area contributed by atoms with E-state index in [1.807, 2.05) is 30.3 Å². The number of amides is 1. The Labute approximate surface area is 211 Å². The molecule has 184 valence electrons. The Kier molecular flexibility index (Phi) is 8.09. The minimum absolute atomic E-state index is 0.203. The number of carbonyl (C=O) groups is 2. The lowest BCUT2D eigenvalue weighted by atomic mass is 10.1. The summed E-state index contributed by atoms with van der Waals surface area (Å²) in [5.74, 6) is -0.943. The van der Waals surface area contributed by atoms with Gasteiger partial charge in [0.05, 0.1) is 11.6 Å². The fourth-order valence-corrected chi connectivity index (χ4v) is 3.68. The van der Waals surface area contributed by atoms with E-state index >= 15 is 0 Å². The summed E-state index contributed by atoms with van der Waals surface area (Å²) in [6.45, 7) is 0.175. The lowest BCUT2D eigenvalue weighted by Crippen LogP contribution is -2.43. The Hall–Kier alpha value is -4.44. The van der Waals surface area contributed by atoms with Gasteiger partial charge in [-0.1, -0.05) is 41.9 Å². The van der Waals surface area contributed by atoms with Crippen molar-refractivity contribution in [2.45, 2.75) is 12.5 Å². The fourth-order valence-electron chi connectivity index (χ4n) is 3.52. The maximum Gasteiger partial charge on any atom is 0.335 e. The van der Waals surface area contributed by atoms with Crippen molar-refractivity contribution in [2.75, 3.05) is 18.5 Å². The number of nitrogens with zero attached hydrogens (tertiary/aromatic N) is 4. The van der Waals surface area contributed by atoms with E-state index in [0.717, 1.165) is 11.3 Å². The van der Waals surface area contributed by atoms with E-state index in [0.29, 0.717) is 29.4 Å². The maximum absolute atomic E-state index is 12.8. The molecular formula is C25H23ClN6O4. The number of carbonyl (C=O) groups excluding carboxylic acids is 1. The first kappa shape index (κ1) is 24.7. The van der Waals surface area contributed by atoms with Crippen LogP contribution in [0.5, 0.6) is 5.75 Å². The van der Waals surface area contributed by atoms with Crippen LogP contribution in [0.2, 0.25) is 5.02 Å². The average molecular weight is 507 g/mol. The van der Waals surface area contributed by atoms with E-state index in [4.69, 9.17) is 21.4 Å². The first-order valence-electron chi connectivity index (χ1n) is 11.0. The van der Waals surface area contributed by atoms with Gasteiger partial charge < -0.3 is 20.5 Å². The largest absolute Gasteiger partial charge is 0.481 e. The van der Waals surface area contributed by atoms with Crippen molar-refractivity contribution in [3.8, 4) is 11.4 Å². The minimum Gasteiger partial charge on any atom is -0.481 e. The van der Waals surface area contributed by atoms with Gasteiger partial charge in [-0.15, -0.1) is 5.10 Å². The monoisotopic (exact) mass is 506 g/mol. The van der Waals surface area contributed by atoms with Crippen LogP contribution in [-0.4, -0.2) is 56.4 Å². The molecule has 0 saturated carbocycles. The van der Waals surface area contributed by atoms with E-state index in [9.17, 15) is 9.59 Å². The molecule has 0 spiro atoms. The smallest absolute Gasteiger partial charge is 0.335 e. The molecule has 10 nitrogen and oxygen atoms in total. The lowest BCUT2D eigenvalue weighted by Gasteiger charge is -2.21. The second-order valence-electron chi connectivity index (χ2n) is 7.87. The summed E-state index contributed by atoms with van der Waals surface area (Å²) in [7, 11) is 0. The number of hydrogen-bond acceptors (Lipinski definition) is 7. The molecule has 4 aromatic rings. The van der Waals surface area contributed by atoms with E-state index in [2.05, 4.69) is 26.2 Å². The molecule has 0 radical (unpaired) electrons. The summed E-state index contributed by atoms with van der Waals surface area (Å²) < 4.78 is 7.18. The van der Waals surface area contributed by atoms with Gasteiger partial charge in [0, 0.05) is 23.3 Å². The molecule has 1 aromatic heterocycles. The average Bonchev–Trinajstić information content (AvgIpc) is 3.42. The quantitative estimate of drug-likeness (QED) is 0.282. The number of ether oxygens (including phenoxy) is 1. The van der Waals surface area contributed by atoms with Crippen LogP contribution >= 0.6 is 11.6 Å². The zero-order valence-corrected chi connectivity index (χ0v) is 19.8. The molecule has 0 aliphatic rings. The molecule has 3 aromatic carbocycles. The van der Waals surface area contributed by atoms with Crippen LogP contribution in [0.25, 0.3) is 5.69 Å². The van der Waals surface area contributed by atoms with Crippen molar-refractivity contribution >= 4 is 29.2 Å². The minimum atomic E-state index is -0.987. The molecular weight excluding hydrogens is 484 g/mol. The van der Waals surface area contributed by atoms with Crippen molar-refractivity contribution in [2.24, 2.45) is 0 Å². The molecule has 1 amide bonds. The van der Waals surface area contributed by atoms with Crippen LogP contribution in [0.3, 0.4) is 0 Å². The number of anilines is 1. The summed E-state index contributed by atoms with van der Waals surface area (Å²) in [4.78, 5) is 23.9. The Bertz CT molecular complexity index is 1300. The van der Waals surface area contributed by atoms with Crippen molar-refractivity contribution in [1.29, 1.82) is 0 Å². The summed E-state index contributed by atoms with van der Waals surface area (Å²) >= 11 is 6.11. The predicted molar refractivity (Wildman–Crippen MR) is 134 cm³/mol. The molecule has 0 unspecified atom stereocenters. The Balaban J connectivity index is 1.41. The number of tetrazole rings is 1. The summed E-state index contributed by atoms with van der Waals surface area (Å²) in [6, 6.07) is 20.9. The van der Waals surface area contributed by atoms with Gasteiger partial charge in [0.2, 0.25) is 0 Å². The number of hydrogen-bond donors (Lipinski definition) is 3. The Morgan fingerprint density at radius 1 is 1.06 bits per heavy atom. The van der Waals surface area contributed by atoms with Crippen LogP contribution in [0.4, 0.5) is 5.69 Å². The van der Waals surface area contributed by atoms with Crippen molar-refractivity contribution in [3.05, 3.63) is 95.3 Å². The van der Waals surface area contributed by atoms with Crippen molar-refractivity contribution < 1.29 is 19.4 Å². The van der Waals surface area contributed by atoms with Crippen LogP contribution in [0.1, 0.15) is 15.9 Å². The standard InChI is InChI=1S/C25H23ClN6O4/c26-19-8-11-22(32-16-28-30-31-32)23(13-19)36-15-24(33)29-21(12-17-4-2-1-3-5-17)14-27-20-9-6-18(7-10-20)25(34)35/h1-11,13,16,21,27H,12,14-15H2,(H,29,33)(H,34,35)/t21-/m0/s1. The summed E-state index contributed by atoms with van der Waals surface area (Å²) in [5.41, 5.74) is 2.55. The molecule has 0 bridgehead atoms. The number of benzene rings is 3. The second kappa shape index (κ2) is 11.8. The molecule has 11 heteroatoms. The number of rotatable bonds is 11. The molecule has 4 rings (SSSR count). The summed E-state index contributed by atoms with van der Waals surface area (Å²) in [5, 5.41) is 26.9. The van der Waals surface area contributed by atoms with Gasteiger partial charge in [0.1, 0.15) is 17.8 Å². The van der Waals surface area contributed by atoms with Crippen LogP contribution in [0.15, 0.2) is 79.1 Å². The third-order valence-corrected chi connectivity index (χ3v) is 5.49. The molecule has 0 saturated heterocycles. The highest BCUT2D eigenvalue weighted by atomic mass is 35.5. The molecule has 0 aliphatic carbocycles. The van der Waals surface area contributed by atoms with Crippen LogP contribution in [-0.2, 0) is 11.2 Å². The third kappa shape index (κ3) is 6.80. The molecule has 0 fully saturated rings. The summed E-state index contributed by atoms with van der Waals surface area (Å²) in [6.07, 6.45) is 2.00. The highest BCUT2D eigenvalue weighted by Crippen LogP contribution is 2.26. The highest BCUT2D eigenvalue weighted by Gasteiger charge is 2.16. The zero-order valence-electron chi connectivity index (χ0n) is 19.0.